The van der Waals surface area contributed by atoms with Gasteiger partial charge in [-0.15, -0.1) is 0 Å². The van der Waals surface area contributed by atoms with Crippen LogP contribution in [0.1, 0.15) is 69.4 Å². The largest absolute Gasteiger partial charge is 0.0667 e. The Balaban J connectivity index is 1.99. The van der Waals surface area contributed by atoms with Crippen molar-refractivity contribution in [1.29, 1.82) is 0 Å². The molecule has 19 heavy (non-hydrogen) atoms. The van der Waals surface area contributed by atoms with Crippen LogP contribution in [0.5, 0.6) is 0 Å². The fourth-order valence-electron chi connectivity index (χ4n) is 3.62. The third-order valence-corrected chi connectivity index (χ3v) is 5.53. The van der Waals surface area contributed by atoms with Crippen molar-refractivity contribution in [3.8, 4) is 0 Å². The van der Waals surface area contributed by atoms with E-state index >= 15 is 0 Å². The summed E-state index contributed by atoms with van der Waals surface area (Å²) in [6.07, 6.45) is 8.17. The lowest BCUT2D eigenvalue weighted by Gasteiger charge is -2.24. The predicted octanol–water partition coefficient (Wildman–Crippen LogP) is 6.31. The summed E-state index contributed by atoms with van der Waals surface area (Å²) < 4.78 is 1.22. The third kappa shape index (κ3) is 2.67. The van der Waals surface area contributed by atoms with Crippen LogP contribution in [-0.2, 0) is 0 Å². The van der Waals surface area contributed by atoms with Crippen LogP contribution in [0.15, 0.2) is 28.2 Å². The van der Waals surface area contributed by atoms with Gasteiger partial charge in [0.05, 0.1) is 0 Å². The molecule has 2 aliphatic carbocycles. The standard InChI is InChI=1S/C18H23Br/c1-12-6-7-15(10-12)17-9-8-16(19)11-18(17)13(2)14-4-3-5-14/h8-9,11-12,15H,3-7,10H2,1-2H3. The highest BCUT2D eigenvalue weighted by Gasteiger charge is 2.26. The molecule has 0 aliphatic heterocycles. The highest BCUT2D eigenvalue weighted by atomic mass is 79.9. The average molecular weight is 319 g/mol. The molecule has 0 spiro atoms. The summed E-state index contributed by atoms with van der Waals surface area (Å²) in [5.74, 6) is 1.69. The van der Waals surface area contributed by atoms with Crippen molar-refractivity contribution < 1.29 is 0 Å². The Morgan fingerprint density at radius 2 is 2.00 bits per heavy atom. The molecule has 0 radical (unpaired) electrons. The SMILES string of the molecule is CC(=C1CCC1)c1cc(Br)ccc1C1CCC(C)C1. The molecule has 0 aromatic heterocycles. The Hall–Kier alpha value is -0.560. The van der Waals surface area contributed by atoms with E-state index in [0.29, 0.717) is 0 Å². The number of hydrogen-bond acceptors (Lipinski definition) is 0. The van der Waals surface area contributed by atoms with Crippen LogP contribution in [-0.4, -0.2) is 0 Å². The van der Waals surface area contributed by atoms with E-state index in [1.54, 1.807) is 16.7 Å². The molecule has 0 N–H and O–H groups in total. The van der Waals surface area contributed by atoms with E-state index in [4.69, 9.17) is 0 Å². The van der Waals surface area contributed by atoms with Gasteiger partial charge >= 0.3 is 0 Å². The topological polar surface area (TPSA) is 0 Å². The molecule has 1 heteroatoms. The lowest BCUT2D eigenvalue weighted by molar-refractivity contribution is 0.596. The van der Waals surface area contributed by atoms with E-state index in [2.05, 4.69) is 48.0 Å². The van der Waals surface area contributed by atoms with Gasteiger partial charge in [0.15, 0.2) is 0 Å². The van der Waals surface area contributed by atoms with E-state index in [1.165, 1.54) is 48.6 Å². The molecule has 0 heterocycles. The van der Waals surface area contributed by atoms with Gasteiger partial charge in [-0.1, -0.05) is 40.9 Å². The Morgan fingerprint density at radius 1 is 1.21 bits per heavy atom. The Bertz CT molecular complexity index is 506. The average Bonchev–Trinajstić information content (AvgIpc) is 2.73. The molecular formula is C18H23Br. The predicted molar refractivity (Wildman–Crippen MR) is 86.3 cm³/mol. The van der Waals surface area contributed by atoms with E-state index in [1.807, 2.05) is 0 Å². The first-order valence-corrected chi connectivity index (χ1v) is 8.43. The molecule has 1 aromatic carbocycles. The van der Waals surface area contributed by atoms with Crippen LogP contribution in [0.4, 0.5) is 0 Å². The Morgan fingerprint density at radius 3 is 2.58 bits per heavy atom. The third-order valence-electron chi connectivity index (χ3n) is 5.04. The minimum absolute atomic E-state index is 0.786. The molecule has 2 aliphatic rings. The smallest absolute Gasteiger partial charge is 0.0181 e. The maximum Gasteiger partial charge on any atom is 0.0181 e. The van der Waals surface area contributed by atoms with Crippen molar-refractivity contribution in [3.05, 3.63) is 39.4 Å². The zero-order valence-electron chi connectivity index (χ0n) is 12.0. The first-order valence-electron chi connectivity index (χ1n) is 7.63. The van der Waals surface area contributed by atoms with Crippen molar-refractivity contribution in [1.82, 2.24) is 0 Å². The second-order valence-corrected chi connectivity index (χ2v) is 7.34. The van der Waals surface area contributed by atoms with Crippen LogP contribution >= 0.6 is 15.9 Å². The molecule has 2 saturated carbocycles. The quantitative estimate of drug-likeness (QED) is 0.599. The van der Waals surface area contributed by atoms with Crippen LogP contribution in [0.3, 0.4) is 0 Å². The lowest BCUT2D eigenvalue weighted by Crippen LogP contribution is -2.04. The molecule has 102 valence electrons. The zero-order chi connectivity index (χ0) is 13.4. The molecule has 1 aromatic rings. The monoisotopic (exact) mass is 318 g/mol. The van der Waals surface area contributed by atoms with Gasteiger partial charge in [0, 0.05) is 4.47 Å². The molecule has 2 fully saturated rings. The number of allylic oxidation sites excluding steroid dienone is 2. The van der Waals surface area contributed by atoms with Gasteiger partial charge in [0.25, 0.3) is 0 Å². The minimum Gasteiger partial charge on any atom is -0.0667 e. The van der Waals surface area contributed by atoms with E-state index < -0.39 is 0 Å². The first-order chi connectivity index (χ1) is 9.15. The normalized spacial score (nSPS) is 26.4. The highest BCUT2D eigenvalue weighted by Crippen LogP contribution is 2.43. The molecule has 0 amide bonds. The van der Waals surface area contributed by atoms with Gasteiger partial charge in [-0.25, -0.2) is 0 Å². The summed E-state index contributed by atoms with van der Waals surface area (Å²) >= 11 is 3.65. The lowest BCUT2D eigenvalue weighted by atomic mass is 9.82. The summed E-state index contributed by atoms with van der Waals surface area (Å²) in [6, 6.07) is 6.93. The van der Waals surface area contributed by atoms with Crippen LogP contribution in [0.25, 0.3) is 5.57 Å². The zero-order valence-corrected chi connectivity index (χ0v) is 13.6. The molecule has 2 unspecified atom stereocenters. The Kier molecular flexibility index (Phi) is 3.84. The number of halogens is 1. The van der Waals surface area contributed by atoms with Crippen LogP contribution in [0, 0.1) is 5.92 Å². The molecule has 0 nitrogen and oxygen atoms in total. The van der Waals surface area contributed by atoms with Crippen molar-refractivity contribution in [3.63, 3.8) is 0 Å². The van der Waals surface area contributed by atoms with Crippen LogP contribution < -0.4 is 0 Å². The van der Waals surface area contributed by atoms with Crippen molar-refractivity contribution in [2.75, 3.05) is 0 Å². The van der Waals surface area contributed by atoms with Crippen LogP contribution in [0.2, 0.25) is 0 Å². The summed E-state index contributed by atoms with van der Waals surface area (Å²) in [7, 11) is 0. The van der Waals surface area contributed by atoms with Gasteiger partial charge in [-0.05, 0) is 79.7 Å². The number of benzene rings is 1. The van der Waals surface area contributed by atoms with Gasteiger partial charge in [-0.2, -0.15) is 0 Å². The number of hydrogen-bond donors (Lipinski definition) is 0. The second-order valence-electron chi connectivity index (χ2n) is 6.43. The fourth-order valence-corrected chi connectivity index (χ4v) is 3.98. The minimum atomic E-state index is 0.786. The summed E-state index contributed by atoms with van der Waals surface area (Å²) in [5.41, 5.74) is 6.36. The summed E-state index contributed by atoms with van der Waals surface area (Å²) in [4.78, 5) is 0. The molecule has 2 atom stereocenters. The molecule has 0 saturated heterocycles. The maximum atomic E-state index is 3.65. The van der Waals surface area contributed by atoms with Crippen molar-refractivity contribution in [2.24, 2.45) is 5.92 Å². The van der Waals surface area contributed by atoms with Gasteiger partial charge in [0.1, 0.15) is 0 Å². The highest BCUT2D eigenvalue weighted by molar-refractivity contribution is 9.10. The van der Waals surface area contributed by atoms with E-state index in [-0.39, 0.29) is 0 Å². The maximum absolute atomic E-state index is 3.65. The molecular weight excluding hydrogens is 296 g/mol. The summed E-state index contributed by atoms with van der Waals surface area (Å²) in [5, 5.41) is 0. The van der Waals surface area contributed by atoms with E-state index in [0.717, 1.165) is 11.8 Å². The fraction of sp³-hybridized carbons (Fsp3) is 0.556. The second kappa shape index (κ2) is 5.44. The first kappa shape index (κ1) is 13.4. The van der Waals surface area contributed by atoms with Gasteiger partial charge in [-0.3, -0.25) is 0 Å². The van der Waals surface area contributed by atoms with Crippen molar-refractivity contribution >= 4 is 21.5 Å². The molecule has 0 bridgehead atoms. The van der Waals surface area contributed by atoms with Gasteiger partial charge in [0.2, 0.25) is 0 Å². The van der Waals surface area contributed by atoms with Gasteiger partial charge < -0.3 is 0 Å². The molecule has 3 rings (SSSR count). The summed E-state index contributed by atoms with van der Waals surface area (Å²) in [6.45, 7) is 4.73. The Labute approximate surface area is 125 Å². The van der Waals surface area contributed by atoms with Crippen molar-refractivity contribution in [2.45, 2.75) is 58.3 Å². The van der Waals surface area contributed by atoms with E-state index in [9.17, 15) is 0 Å². The number of rotatable bonds is 2.